The van der Waals surface area contributed by atoms with E-state index in [-0.39, 0.29) is 0 Å². The molecule has 0 radical (unpaired) electrons. The van der Waals surface area contributed by atoms with Crippen LogP contribution >= 0.6 is 0 Å². The Morgan fingerprint density at radius 1 is 0.236 bits per heavy atom. The van der Waals surface area contributed by atoms with Crippen molar-refractivity contribution in [2.75, 3.05) is 0 Å². The maximum atomic E-state index is 6.23. The van der Waals surface area contributed by atoms with Crippen LogP contribution in [0.1, 0.15) is 0 Å². The number of benzene rings is 7. The largest absolute Gasteiger partial charge is 0.456 e. The van der Waals surface area contributed by atoms with Crippen molar-refractivity contribution in [2.45, 2.75) is 0 Å². The van der Waals surface area contributed by atoms with Crippen LogP contribution in [-0.2, 0) is 0 Å². The Labute approximate surface area is 316 Å². The summed E-state index contributed by atoms with van der Waals surface area (Å²) in [4.78, 5) is 30.0. The smallest absolute Gasteiger partial charge is 0.164 e. The monoisotopic (exact) mass is 706 g/mol. The van der Waals surface area contributed by atoms with Crippen LogP contribution in [0.15, 0.2) is 186 Å². The van der Waals surface area contributed by atoms with Crippen LogP contribution < -0.4 is 0 Å². The predicted octanol–water partition coefficient (Wildman–Crippen LogP) is 11.6. The molecule has 7 heteroatoms. The van der Waals surface area contributed by atoms with E-state index in [1.54, 1.807) is 0 Å². The molecule has 0 fully saturated rings. The maximum absolute atomic E-state index is 6.23. The van der Waals surface area contributed by atoms with Crippen molar-refractivity contribution in [1.29, 1.82) is 0 Å². The molecule has 3 aromatic heterocycles. The minimum atomic E-state index is 0.532. The maximum Gasteiger partial charge on any atom is 0.164 e. The normalized spacial score (nSPS) is 11.3. The van der Waals surface area contributed by atoms with Crippen LogP contribution in [0.4, 0.5) is 0 Å². The van der Waals surface area contributed by atoms with Gasteiger partial charge in [-0.15, -0.1) is 0 Å². The SMILES string of the molecule is c1ccc(-c2ccc(-c3nc(-c4ccccc4)nc(-c4cccc(-c5nc(-c6ccccc6)nc(-c6ccc7c(c6)oc6ccccc67)n5)c4)n3)cc2)cc1. The van der Waals surface area contributed by atoms with Gasteiger partial charge in [0.25, 0.3) is 0 Å². The number of rotatable bonds is 7. The van der Waals surface area contributed by atoms with Gasteiger partial charge in [0.2, 0.25) is 0 Å². The lowest BCUT2D eigenvalue weighted by molar-refractivity contribution is 0.669. The summed E-state index contributed by atoms with van der Waals surface area (Å²) in [6.07, 6.45) is 0. The Morgan fingerprint density at radius 2 is 0.582 bits per heavy atom. The quantitative estimate of drug-likeness (QED) is 0.163. The second-order valence-electron chi connectivity index (χ2n) is 13.2. The molecule has 3 heterocycles. The molecule has 55 heavy (non-hydrogen) atoms. The van der Waals surface area contributed by atoms with Gasteiger partial charge >= 0.3 is 0 Å². The summed E-state index contributed by atoms with van der Waals surface area (Å²) < 4.78 is 6.23. The molecule has 0 aliphatic rings. The van der Waals surface area contributed by atoms with E-state index in [0.717, 1.165) is 66.4 Å². The molecule has 0 spiro atoms. The zero-order chi connectivity index (χ0) is 36.6. The van der Waals surface area contributed by atoms with Crippen molar-refractivity contribution in [3.8, 4) is 79.5 Å². The second kappa shape index (κ2) is 13.7. The molecular formula is C48H30N6O. The van der Waals surface area contributed by atoms with Crippen molar-refractivity contribution in [3.63, 3.8) is 0 Å². The van der Waals surface area contributed by atoms with E-state index < -0.39 is 0 Å². The van der Waals surface area contributed by atoms with Gasteiger partial charge in [0.1, 0.15) is 11.2 Å². The third kappa shape index (κ3) is 6.30. The average molecular weight is 707 g/mol. The molecule has 0 bridgehead atoms. The molecule has 0 N–H and O–H groups in total. The van der Waals surface area contributed by atoms with Crippen LogP contribution in [0.25, 0.3) is 101 Å². The van der Waals surface area contributed by atoms with Gasteiger partial charge < -0.3 is 4.42 Å². The van der Waals surface area contributed by atoms with E-state index in [0.29, 0.717) is 34.9 Å². The molecule has 0 saturated heterocycles. The summed E-state index contributed by atoms with van der Waals surface area (Å²) in [5, 5.41) is 2.12. The van der Waals surface area contributed by atoms with Gasteiger partial charge in [-0.05, 0) is 35.4 Å². The summed E-state index contributed by atoms with van der Waals surface area (Å²) in [7, 11) is 0. The Balaban J connectivity index is 1.08. The summed E-state index contributed by atoms with van der Waals surface area (Å²) in [5.74, 6) is 3.37. The zero-order valence-electron chi connectivity index (χ0n) is 29.4. The molecule has 10 aromatic rings. The summed E-state index contributed by atoms with van der Waals surface area (Å²) in [5.41, 5.74) is 9.03. The van der Waals surface area contributed by atoms with Gasteiger partial charge in [-0.3, -0.25) is 0 Å². The highest BCUT2D eigenvalue weighted by Gasteiger charge is 2.17. The molecule has 0 amide bonds. The van der Waals surface area contributed by atoms with E-state index in [1.165, 1.54) is 0 Å². The van der Waals surface area contributed by atoms with E-state index in [4.69, 9.17) is 34.3 Å². The molecule has 0 unspecified atom stereocenters. The van der Waals surface area contributed by atoms with Gasteiger partial charge in [-0.25, -0.2) is 29.9 Å². The lowest BCUT2D eigenvalue weighted by Gasteiger charge is -2.11. The van der Waals surface area contributed by atoms with E-state index in [2.05, 4.69) is 48.5 Å². The third-order valence-corrected chi connectivity index (χ3v) is 9.60. The molecule has 0 atom stereocenters. The standard InChI is InChI=1S/C48H30N6O/c1-4-13-31(14-5-1)32-23-25-35(26-24-32)45-49-43(33-15-6-2-7-16-33)50-46(53-45)36-19-12-20-37(29-36)47-51-44(34-17-8-3-9-18-34)52-48(54-47)38-27-28-40-39-21-10-11-22-41(39)55-42(40)30-38/h1-30H. The zero-order valence-corrected chi connectivity index (χ0v) is 29.4. The molecule has 7 aromatic carbocycles. The van der Waals surface area contributed by atoms with Crippen LogP contribution in [0.3, 0.4) is 0 Å². The second-order valence-corrected chi connectivity index (χ2v) is 13.2. The summed E-state index contributed by atoms with van der Waals surface area (Å²) >= 11 is 0. The fourth-order valence-corrected chi connectivity index (χ4v) is 6.81. The lowest BCUT2D eigenvalue weighted by atomic mass is 10.0. The Morgan fingerprint density at radius 3 is 1.13 bits per heavy atom. The van der Waals surface area contributed by atoms with Crippen LogP contribution in [0.2, 0.25) is 0 Å². The highest BCUT2D eigenvalue weighted by Crippen LogP contribution is 2.34. The fraction of sp³-hybridized carbons (Fsp3) is 0. The topological polar surface area (TPSA) is 90.5 Å². The Kier molecular flexibility index (Phi) is 8.00. The lowest BCUT2D eigenvalue weighted by Crippen LogP contribution is -2.01. The summed E-state index contributed by atoms with van der Waals surface area (Å²) in [6.45, 7) is 0. The highest BCUT2D eigenvalue weighted by atomic mass is 16.3. The Hall–Kier alpha value is -7.64. The number of furan rings is 1. The van der Waals surface area contributed by atoms with E-state index in [1.807, 2.05) is 133 Å². The Bertz CT molecular complexity index is 2970. The van der Waals surface area contributed by atoms with Crippen LogP contribution in [-0.4, -0.2) is 29.9 Å². The molecule has 0 aliphatic carbocycles. The molecule has 10 rings (SSSR count). The van der Waals surface area contributed by atoms with E-state index in [9.17, 15) is 0 Å². The summed E-state index contributed by atoms with van der Waals surface area (Å²) in [6, 6.07) is 60.8. The number of para-hydroxylation sites is 1. The molecule has 258 valence electrons. The van der Waals surface area contributed by atoms with Crippen molar-refractivity contribution in [2.24, 2.45) is 0 Å². The first-order valence-electron chi connectivity index (χ1n) is 18.0. The predicted molar refractivity (Wildman–Crippen MR) is 219 cm³/mol. The van der Waals surface area contributed by atoms with Gasteiger partial charge in [-0.2, -0.15) is 0 Å². The highest BCUT2D eigenvalue weighted by molar-refractivity contribution is 6.05. The fourth-order valence-electron chi connectivity index (χ4n) is 6.81. The van der Waals surface area contributed by atoms with Gasteiger partial charge in [-0.1, -0.05) is 158 Å². The van der Waals surface area contributed by atoms with Crippen molar-refractivity contribution in [1.82, 2.24) is 29.9 Å². The van der Waals surface area contributed by atoms with Gasteiger partial charge in [0.05, 0.1) is 0 Å². The van der Waals surface area contributed by atoms with E-state index >= 15 is 0 Å². The van der Waals surface area contributed by atoms with Crippen molar-refractivity contribution >= 4 is 21.9 Å². The van der Waals surface area contributed by atoms with Crippen molar-refractivity contribution in [3.05, 3.63) is 182 Å². The van der Waals surface area contributed by atoms with Crippen LogP contribution in [0.5, 0.6) is 0 Å². The number of aromatic nitrogens is 6. The first kappa shape index (κ1) is 32.0. The van der Waals surface area contributed by atoms with Gasteiger partial charge in [0, 0.05) is 44.2 Å². The first-order valence-corrected chi connectivity index (χ1v) is 18.0. The number of fused-ring (bicyclic) bond motifs is 3. The minimum Gasteiger partial charge on any atom is -0.456 e. The molecule has 0 saturated carbocycles. The molecule has 7 nitrogen and oxygen atoms in total. The third-order valence-electron chi connectivity index (χ3n) is 9.60. The molecule has 0 aliphatic heterocycles. The minimum absolute atomic E-state index is 0.532. The number of hydrogen-bond donors (Lipinski definition) is 0. The number of hydrogen-bond acceptors (Lipinski definition) is 7. The van der Waals surface area contributed by atoms with Crippen molar-refractivity contribution < 1.29 is 4.42 Å². The van der Waals surface area contributed by atoms with Gasteiger partial charge in [0.15, 0.2) is 34.9 Å². The first-order chi connectivity index (χ1) is 27.2. The average Bonchev–Trinajstić information content (AvgIpc) is 3.65. The molecular weight excluding hydrogens is 677 g/mol. The number of nitrogens with zero attached hydrogens (tertiary/aromatic N) is 6. The van der Waals surface area contributed by atoms with Crippen LogP contribution in [0, 0.1) is 0 Å².